The first-order chi connectivity index (χ1) is 10.1. The van der Waals surface area contributed by atoms with Gasteiger partial charge in [-0.15, -0.1) is 0 Å². The summed E-state index contributed by atoms with van der Waals surface area (Å²) in [5.41, 5.74) is 2.14. The number of aliphatic hydroxyl groups excluding tert-OH is 1. The lowest BCUT2D eigenvalue weighted by molar-refractivity contribution is -0.117. The maximum atomic E-state index is 12.1. The monoisotopic (exact) mass is 290 g/mol. The van der Waals surface area contributed by atoms with Crippen LogP contribution in [-0.2, 0) is 4.79 Å². The van der Waals surface area contributed by atoms with Crippen LogP contribution in [0.25, 0.3) is 0 Å². The quantitative estimate of drug-likeness (QED) is 0.774. The summed E-state index contributed by atoms with van der Waals surface area (Å²) in [4.78, 5) is 14.1. The third-order valence-electron chi connectivity index (χ3n) is 4.17. The predicted molar refractivity (Wildman–Crippen MR) is 85.5 cm³/mol. The molecule has 1 aromatic carbocycles. The van der Waals surface area contributed by atoms with E-state index < -0.39 is 0 Å². The minimum Gasteiger partial charge on any atom is -0.395 e. The Labute approximate surface area is 127 Å². The van der Waals surface area contributed by atoms with E-state index in [1.165, 1.54) is 5.56 Å². The van der Waals surface area contributed by atoms with E-state index in [1.54, 1.807) is 0 Å². The molecule has 1 fully saturated rings. The molecule has 1 aliphatic rings. The van der Waals surface area contributed by atoms with Gasteiger partial charge in [-0.1, -0.05) is 26.0 Å². The third-order valence-corrected chi connectivity index (χ3v) is 4.17. The molecular weight excluding hydrogens is 264 g/mol. The number of nitrogens with one attached hydrogen (secondary N) is 1. The van der Waals surface area contributed by atoms with Crippen LogP contribution in [0.5, 0.6) is 0 Å². The fourth-order valence-corrected chi connectivity index (χ4v) is 2.47. The Morgan fingerprint density at radius 1 is 1.38 bits per heavy atom. The number of aliphatic hydroxyl groups is 1. The highest BCUT2D eigenvalue weighted by Gasteiger charge is 2.29. The molecule has 0 heterocycles. The van der Waals surface area contributed by atoms with E-state index in [2.05, 4.69) is 36.2 Å². The third kappa shape index (κ3) is 4.83. The van der Waals surface area contributed by atoms with Crippen LogP contribution < -0.4 is 5.32 Å². The number of carbonyl (C=O) groups is 1. The average Bonchev–Trinajstić information content (AvgIpc) is 3.31. The van der Waals surface area contributed by atoms with Crippen molar-refractivity contribution in [2.45, 2.75) is 45.1 Å². The van der Waals surface area contributed by atoms with Gasteiger partial charge in [-0.3, -0.25) is 9.69 Å². The topological polar surface area (TPSA) is 52.6 Å². The highest BCUT2D eigenvalue weighted by molar-refractivity contribution is 5.92. The summed E-state index contributed by atoms with van der Waals surface area (Å²) < 4.78 is 0. The zero-order chi connectivity index (χ0) is 15.2. The van der Waals surface area contributed by atoms with E-state index >= 15 is 0 Å². The Balaban J connectivity index is 1.86. The van der Waals surface area contributed by atoms with Crippen molar-refractivity contribution >= 4 is 11.6 Å². The molecule has 1 amide bonds. The molecular formula is C17H26N2O2. The lowest BCUT2D eigenvalue weighted by atomic mass is 9.99. The number of hydrogen-bond donors (Lipinski definition) is 2. The second-order valence-corrected chi connectivity index (χ2v) is 5.90. The van der Waals surface area contributed by atoms with Gasteiger partial charge in [-0.25, -0.2) is 0 Å². The van der Waals surface area contributed by atoms with Crippen LogP contribution >= 0.6 is 0 Å². The summed E-state index contributed by atoms with van der Waals surface area (Å²) >= 11 is 0. The molecule has 0 aromatic heterocycles. The molecule has 116 valence electrons. The number of hydrogen-bond acceptors (Lipinski definition) is 3. The van der Waals surface area contributed by atoms with Crippen LogP contribution in [0.1, 0.15) is 44.6 Å². The Kier molecular flexibility index (Phi) is 5.76. The summed E-state index contributed by atoms with van der Waals surface area (Å²) in [7, 11) is 0. The maximum Gasteiger partial charge on any atom is 0.238 e. The first-order valence-electron chi connectivity index (χ1n) is 7.88. The molecule has 2 N–H and O–H groups in total. The zero-order valence-corrected chi connectivity index (χ0v) is 13.0. The molecule has 0 radical (unpaired) electrons. The fourth-order valence-electron chi connectivity index (χ4n) is 2.47. The van der Waals surface area contributed by atoms with Gasteiger partial charge >= 0.3 is 0 Å². The van der Waals surface area contributed by atoms with E-state index in [4.69, 9.17) is 5.11 Å². The number of nitrogens with zero attached hydrogens (tertiary/aromatic N) is 1. The molecule has 4 nitrogen and oxygen atoms in total. The van der Waals surface area contributed by atoms with Gasteiger partial charge in [0, 0.05) is 18.3 Å². The summed E-state index contributed by atoms with van der Waals surface area (Å²) in [6.45, 7) is 5.42. The SMILES string of the molecule is CCC(C)c1ccc(NC(=O)CN(CCO)C2CC2)cc1. The van der Waals surface area contributed by atoms with Gasteiger partial charge in [0.05, 0.1) is 13.2 Å². The van der Waals surface area contributed by atoms with Gasteiger partial charge in [0.25, 0.3) is 0 Å². The molecule has 4 heteroatoms. The van der Waals surface area contributed by atoms with Crippen molar-refractivity contribution in [3.63, 3.8) is 0 Å². The molecule has 1 aliphatic carbocycles. The van der Waals surface area contributed by atoms with Crippen LogP contribution in [-0.4, -0.2) is 41.7 Å². The van der Waals surface area contributed by atoms with Crippen molar-refractivity contribution < 1.29 is 9.90 Å². The molecule has 1 aromatic rings. The fraction of sp³-hybridized carbons (Fsp3) is 0.588. The summed E-state index contributed by atoms with van der Waals surface area (Å²) in [5.74, 6) is 0.538. The summed E-state index contributed by atoms with van der Waals surface area (Å²) in [5, 5.41) is 12.0. The summed E-state index contributed by atoms with van der Waals surface area (Å²) in [6, 6.07) is 8.57. The van der Waals surface area contributed by atoms with Crippen LogP contribution in [0.4, 0.5) is 5.69 Å². The van der Waals surface area contributed by atoms with Crippen molar-refractivity contribution in [3.05, 3.63) is 29.8 Å². The molecule has 1 unspecified atom stereocenters. The van der Waals surface area contributed by atoms with Crippen LogP contribution in [0.15, 0.2) is 24.3 Å². The first-order valence-corrected chi connectivity index (χ1v) is 7.88. The smallest absolute Gasteiger partial charge is 0.238 e. The average molecular weight is 290 g/mol. The Morgan fingerprint density at radius 2 is 2.05 bits per heavy atom. The van der Waals surface area contributed by atoms with Crippen LogP contribution in [0, 0.1) is 0 Å². The van der Waals surface area contributed by atoms with Gasteiger partial charge in [0.15, 0.2) is 0 Å². The second-order valence-electron chi connectivity index (χ2n) is 5.90. The van der Waals surface area contributed by atoms with E-state index in [0.717, 1.165) is 24.9 Å². The minimum absolute atomic E-state index is 0.00774. The number of anilines is 1. The van der Waals surface area contributed by atoms with Crippen LogP contribution in [0.3, 0.4) is 0 Å². The first kappa shape index (κ1) is 16.0. The zero-order valence-electron chi connectivity index (χ0n) is 13.0. The molecule has 0 spiro atoms. The molecule has 21 heavy (non-hydrogen) atoms. The predicted octanol–water partition coefficient (Wildman–Crippen LogP) is 2.60. The van der Waals surface area contributed by atoms with Crippen molar-refractivity contribution in [1.29, 1.82) is 0 Å². The van der Waals surface area contributed by atoms with Crippen molar-refractivity contribution in [1.82, 2.24) is 4.90 Å². The maximum absolute atomic E-state index is 12.1. The molecule has 0 aliphatic heterocycles. The highest BCUT2D eigenvalue weighted by Crippen LogP contribution is 2.26. The van der Waals surface area contributed by atoms with Gasteiger partial charge in [-0.2, -0.15) is 0 Å². The molecule has 1 saturated carbocycles. The van der Waals surface area contributed by atoms with Gasteiger partial charge in [-0.05, 0) is 42.9 Å². The summed E-state index contributed by atoms with van der Waals surface area (Å²) in [6.07, 6.45) is 3.39. The Morgan fingerprint density at radius 3 is 2.57 bits per heavy atom. The van der Waals surface area contributed by atoms with E-state index in [9.17, 15) is 4.79 Å². The molecule has 1 atom stereocenters. The molecule has 0 saturated heterocycles. The van der Waals surface area contributed by atoms with Gasteiger partial charge in [0.1, 0.15) is 0 Å². The van der Waals surface area contributed by atoms with Crippen molar-refractivity contribution in [2.75, 3.05) is 25.0 Å². The number of benzene rings is 1. The Bertz CT molecular complexity index is 454. The lowest BCUT2D eigenvalue weighted by Gasteiger charge is -2.20. The van der Waals surface area contributed by atoms with Gasteiger partial charge in [0.2, 0.25) is 5.91 Å². The Hall–Kier alpha value is -1.39. The normalized spacial score (nSPS) is 16.0. The lowest BCUT2D eigenvalue weighted by Crippen LogP contribution is -2.36. The van der Waals surface area contributed by atoms with Crippen molar-refractivity contribution in [3.8, 4) is 0 Å². The standard InChI is InChI=1S/C17H26N2O2/c1-3-13(2)14-4-6-15(7-5-14)18-17(21)12-19(10-11-20)16-8-9-16/h4-7,13,16,20H,3,8-12H2,1-2H3,(H,18,21). The number of rotatable bonds is 8. The second kappa shape index (κ2) is 7.57. The highest BCUT2D eigenvalue weighted by atomic mass is 16.3. The number of amides is 1. The minimum atomic E-state index is -0.00774. The van der Waals surface area contributed by atoms with Crippen molar-refractivity contribution in [2.24, 2.45) is 0 Å². The number of carbonyl (C=O) groups excluding carboxylic acids is 1. The van der Waals surface area contributed by atoms with Crippen LogP contribution in [0.2, 0.25) is 0 Å². The molecule has 2 rings (SSSR count). The van der Waals surface area contributed by atoms with E-state index in [0.29, 0.717) is 25.0 Å². The van der Waals surface area contributed by atoms with Gasteiger partial charge < -0.3 is 10.4 Å². The van der Waals surface area contributed by atoms with E-state index in [-0.39, 0.29) is 12.5 Å². The largest absolute Gasteiger partial charge is 0.395 e. The molecule has 0 bridgehead atoms. The van der Waals surface area contributed by atoms with E-state index in [1.807, 2.05) is 12.1 Å².